The first-order valence-electron chi connectivity index (χ1n) is 10.7. The second-order valence-corrected chi connectivity index (χ2v) is 7.84. The summed E-state index contributed by atoms with van der Waals surface area (Å²) >= 11 is 0. The number of hydrogen-bond donors (Lipinski definition) is 0. The van der Waals surface area contributed by atoms with Crippen LogP contribution in [0.3, 0.4) is 0 Å². The lowest BCUT2D eigenvalue weighted by Crippen LogP contribution is -2.50. The van der Waals surface area contributed by atoms with Crippen LogP contribution in [-0.2, 0) is 17.4 Å². The third-order valence-corrected chi connectivity index (χ3v) is 5.62. The Labute approximate surface area is 192 Å². The van der Waals surface area contributed by atoms with Crippen molar-refractivity contribution in [2.24, 2.45) is 0 Å². The van der Waals surface area contributed by atoms with E-state index in [0.29, 0.717) is 17.2 Å². The quantitative estimate of drug-likeness (QED) is 0.513. The molecule has 1 fully saturated rings. The molecule has 1 aliphatic heterocycles. The Morgan fingerprint density at radius 3 is 2.26 bits per heavy atom. The molecule has 178 valence electrons. The van der Waals surface area contributed by atoms with Gasteiger partial charge in [0, 0.05) is 44.6 Å². The second-order valence-electron chi connectivity index (χ2n) is 7.84. The number of carbonyl (C=O) groups is 2. The summed E-state index contributed by atoms with van der Waals surface area (Å²) < 4.78 is 58.4. The van der Waals surface area contributed by atoms with Gasteiger partial charge in [0.1, 0.15) is 5.82 Å². The molecule has 1 aromatic heterocycles. The summed E-state index contributed by atoms with van der Waals surface area (Å²) in [6.45, 7) is 0.741. The fourth-order valence-corrected chi connectivity index (χ4v) is 3.79. The van der Waals surface area contributed by atoms with Crippen molar-refractivity contribution in [2.45, 2.75) is 19.0 Å². The second kappa shape index (κ2) is 9.66. The van der Waals surface area contributed by atoms with Crippen molar-refractivity contribution >= 4 is 11.8 Å². The average molecular weight is 475 g/mol. The van der Waals surface area contributed by atoms with Gasteiger partial charge in [-0.2, -0.15) is 13.2 Å². The lowest BCUT2D eigenvalue weighted by Gasteiger charge is -2.35. The number of carbonyl (C=O) groups excluding carboxylic acids is 2. The molecule has 0 aliphatic carbocycles. The third-order valence-electron chi connectivity index (χ3n) is 5.62. The maximum absolute atomic E-state index is 13.2. The van der Waals surface area contributed by atoms with Gasteiger partial charge in [0.15, 0.2) is 11.7 Å². The number of aryl methyl sites for hydroxylation is 1. The van der Waals surface area contributed by atoms with Crippen LogP contribution in [0.15, 0.2) is 59.1 Å². The molecule has 0 saturated carbocycles. The van der Waals surface area contributed by atoms with E-state index in [-0.39, 0.29) is 50.7 Å². The van der Waals surface area contributed by atoms with E-state index in [9.17, 15) is 27.2 Å². The topological polar surface area (TPSA) is 66.7 Å². The fraction of sp³-hybridized carbons (Fsp3) is 0.292. The normalized spacial score (nSPS) is 14.4. The number of aromatic nitrogens is 1. The van der Waals surface area contributed by atoms with Crippen LogP contribution in [0.2, 0.25) is 0 Å². The summed E-state index contributed by atoms with van der Waals surface area (Å²) in [5, 5.41) is 0. The van der Waals surface area contributed by atoms with Crippen LogP contribution in [-0.4, -0.2) is 52.8 Å². The zero-order valence-electron chi connectivity index (χ0n) is 18.0. The van der Waals surface area contributed by atoms with E-state index in [1.54, 1.807) is 17.0 Å². The number of benzene rings is 2. The summed E-state index contributed by atoms with van der Waals surface area (Å²) in [4.78, 5) is 32.3. The highest BCUT2D eigenvalue weighted by Gasteiger charge is 2.36. The van der Waals surface area contributed by atoms with Crippen molar-refractivity contribution in [3.8, 4) is 11.3 Å². The van der Waals surface area contributed by atoms with E-state index in [1.807, 2.05) is 0 Å². The Balaban J connectivity index is 1.30. The van der Waals surface area contributed by atoms with Crippen molar-refractivity contribution in [3.63, 3.8) is 0 Å². The molecule has 2 amide bonds. The van der Waals surface area contributed by atoms with Crippen molar-refractivity contribution in [2.75, 3.05) is 26.2 Å². The molecule has 3 aromatic rings. The largest absolute Gasteiger partial charge is 0.441 e. The molecule has 0 N–H and O–H groups in total. The fourth-order valence-electron chi connectivity index (χ4n) is 3.79. The van der Waals surface area contributed by atoms with E-state index in [0.717, 1.165) is 6.07 Å². The van der Waals surface area contributed by atoms with Crippen molar-refractivity contribution < 1.29 is 31.6 Å². The van der Waals surface area contributed by atoms with Gasteiger partial charge in [-0.3, -0.25) is 9.59 Å². The molecule has 0 bridgehead atoms. The molecule has 0 spiro atoms. The Morgan fingerprint density at radius 1 is 0.941 bits per heavy atom. The molecule has 2 heterocycles. The van der Waals surface area contributed by atoms with Crippen LogP contribution in [0.1, 0.15) is 28.2 Å². The van der Waals surface area contributed by atoms with Gasteiger partial charge in [-0.1, -0.05) is 12.1 Å². The Hall–Kier alpha value is -3.69. The van der Waals surface area contributed by atoms with Crippen LogP contribution < -0.4 is 0 Å². The van der Waals surface area contributed by atoms with E-state index >= 15 is 0 Å². The number of nitrogens with zero attached hydrogens (tertiary/aromatic N) is 3. The number of hydrogen-bond acceptors (Lipinski definition) is 4. The minimum absolute atomic E-state index is 0.133. The number of halogens is 4. The van der Waals surface area contributed by atoms with Crippen LogP contribution in [0.4, 0.5) is 17.6 Å². The van der Waals surface area contributed by atoms with Gasteiger partial charge in [-0.25, -0.2) is 9.37 Å². The van der Waals surface area contributed by atoms with Gasteiger partial charge < -0.3 is 14.2 Å². The van der Waals surface area contributed by atoms with E-state index in [1.165, 1.54) is 41.4 Å². The highest BCUT2D eigenvalue weighted by molar-refractivity contribution is 5.96. The predicted octanol–water partition coefficient (Wildman–Crippen LogP) is 4.42. The van der Waals surface area contributed by atoms with Gasteiger partial charge in [-0.15, -0.1) is 0 Å². The number of rotatable bonds is 5. The maximum atomic E-state index is 13.2. The first-order chi connectivity index (χ1) is 16.2. The maximum Gasteiger partial charge on any atom is 0.417 e. The number of alkyl halides is 3. The molecule has 6 nitrogen and oxygen atoms in total. The number of amides is 2. The Kier molecular flexibility index (Phi) is 6.67. The first-order valence-corrected chi connectivity index (χ1v) is 10.7. The monoisotopic (exact) mass is 475 g/mol. The summed E-state index contributed by atoms with van der Waals surface area (Å²) in [6.07, 6.45) is -2.72. The zero-order chi connectivity index (χ0) is 24.3. The van der Waals surface area contributed by atoms with Crippen molar-refractivity contribution in [1.82, 2.24) is 14.8 Å². The number of oxazole rings is 1. The molecular formula is C24H21F4N3O3. The van der Waals surface area contributed by atoms with E-state index in [2.05, 4.69) is 4.98 Å². The third kappa shape index (κ3) is 5.27. The lowest BCUT2D eigenvalue weighted by molar-refractivity contribution is -0.138. The van der Waals surface area contributed by atoms with Crippen LogP contribution in [0.25, 0.3) is 11.3 Å². The molecular weight excluding hydrogens is 454 g/mol. The van der Waals surface area contributed by atoms with Gasteiger partial charge in [0.05, 0.1) is 17.3 Å². The van der Waals surface area contributed by atoms with Gasteiger partial charge in [0.2, 0.25) is 5.91 Å². The molecule has 0 unspecified atom stereocenters. The van der Waals surface area contributed by atoms with Crippen LogP contribution in [0.5, 0.6) is 0 Å². The molecule has 1 aliphatic rings. The molecule has 4 rings (SSSR count). The van der Waals surface area contributed by atoms with Crippen LogP contribution >= 0.6 is 0 Å². The summed E-state index contributed by atoms with van der Waals surface area (Å²) in [7, 11) is 0. The molecule has 0 radical (unpaired) electrons. The van der Waals surface area contributed by atoms with Crippen LogP contribution in [0, 0.1) is 5.82 Å². The first kappa shape index (κ1) is 23.5. The predicted molar refractivity (Wildman–Crippen MR) is 114 cm³/mol. The minimum Gasteiger partial charge on any atom is -0.441 e. The van der Waals surface area contributed by atoms with Crippen molar-refractivity contribution in [3.05, 3.63) is 77.6 Å². The smallest absolute Gasteiger partial charge is 0.417 e. The SMILES string of the molecule is O=C(CCc1ncc(-c2ccc(F)cc2)o1)N1CCN(C(=O)c2ccccc2C(F)(F)F)CC1. The molecule has 2 aromatic carbocycles. The zero-order valence-corrected chi connectivity index (χ0v) is 18.0. The average Bonchev–Trinajstić information content (AvgIpc) is 3.31. The number of piperazine rings is 1. The highest BCUT2D eigenvalue weighted by Crippen LogP contribution is 2.32. The summed E-state index contributed by atoms with van der Waals surface area (Å²) in [5.41, 5.74) is -0.695. The van der Waals surface area contributed by atoms with Crippen molar-refractivity contribution in [1.29, 1.82) is 0 Å². The van der Waals surface area contributed by atoms with E-state index < -0.39 is 23.2 Å². The summed E-state index contributed by atoms with van der Waals surface area (Å²) in [5.74, 6) is -0.392. The molecule has 1 saturated heterocycles. The highest BCUT2D eigenvalue weighted by atomic mass is 19.4. The standard InChI is InChI=1S/C24H21F4N3O3/c25-17-7-5-16(6-8-17)20-15-29-21(34-20)9-10-22(32)30-11-13-31(14-12-30)23(33)18-3-1-2-4-19(18)24(26,27)28/h1-8,15H,9-14H2. The Morgan fingerprint density at radius 2 is 1.59 bits per heavy atom. The molecule has 0 atom stereocenters. The van der Waals surface area contributed by atoms with E-state index in [4.69, 9.17) is 4.42 Å². The summed E-state index contributed by atoms with van der Waals surface area (Å²) in [6, 6.07) is 10.5. The van der Waals surface area contributed by atoms with Gasteiger partial charge in [-0.05, 0) is 36.4 Å². The molecule has 34 heavy (non-hydrogen) atoms. The van der Waals surface area contributed by atoms with Gasteiger partial charge in [0.25, 0.3) is 5.91 Å². The molecule has 10 heteroatoms. The van der Waals surface area contributed by atoms with Gasteiger partial charge >= 0.3 is 6.18 Å². The minimum atomic E-state index is -4.62. The Bertz CT molecular complexity index is 1170. The lowest BCUT2D eigenvalue weighted by atomic mass is 10.1.